The molecule has 0 saturated carbocycles. The van der Waals surface area contributed by atoms with Crippen LogP contribution in [0.25, 0.3) is 10.9 Å². The van der Waals surface area contributed by atoms with E-state index in [1.807, 2.05) is 51.2 Å². The minimum absolute atomic E-state index is 0.106. The number of nitrogens with zero attached hydrogens (tertiary/aromatic N) is 1. The molecule has 108 valence electrons. The van der Waals surface area contributed by atoms with Crippen molar-refractivity contribution in [2.45, 2.75) is 26.8 Å². The predicted molar refractivity (Wildman–Crippen MR) is 80.2 cm³/mol. The van der Waals surface area contributed by atoms with Crippen LogP contribution in [0, 0.1) is 13.8 Å². The van der Waals surface area contributed by atoms with E-state index >= 15 is 0 Å². The van der Waals surface area contributed by atoms with Crippen LogP contribution in [0.5, 0.6) is 0 Å². The summed E-state index contributed by atoms with van der Waals surface area (Å²) in [5, 5.41) is 7.93. The maximum absolute atomic E-state index is 12.4. The van der Waals surface area contributed by atoms with E-state index in [9.17, 15) is 4.79 Å². The second kappa shape index (κ2) is 5.09. The highest BCUT2D eigenvalue weighted by Crippen LogP contribution is 2.22. The molecule has 2 aromatic heterocycles. The monoisotopic (exact) mass is 283 g/mol. The molecule has 0 aliphatic heterocycles. The van der Waals surface area contributed by atoms with Gasteiger partial charge in [0.25, 0.3) is 5.91 Å². The third-order valence-corrected chi connectivity index (χ3v) is 3.68. The molecule has 0 aliphatic rings. The summed E-state index contributed by atoms with van der Waals surface area (Å²) in [5.41, 5.74) is 3.40. The average Bonchev–Trinajstić information content (AvgIpc) is 3.04. The Labute approximate surface area is 122 Å². The molecule has 5 nitrogen and oxygen atoms in total. The predicted octanol–water partition coefficient (Wildman–Crippen LogP) is 3.26. The third-order valence-electron chi connectivity index (χ3n) is 3.68. The fourth-order valence-corrected chi connectivity index (χ4v) is 2.65. The van der Waals surface area contributed by atoms with Crippen LogP contribution in [-0.4, -0.2) is 16.0 Å². The molecular formula is C16H17N3O2. The van der Waals surface area contributed by atoms with Crippen molar-refractivity contribution in [3.8, 4) is 0 Å². The Balaban J connectivity index is 1.82. The lowest BCUT2D eigenvalue weighted by Gasteiger charge is -2.13. The van der Waals surface area contributed by atoms with Gasteiger partial charge in [0.1, 0.15) is 5.76 Å². The van der Waals surface area contributed by atoms with Crippen molar-refractivity contribution in [1.29, 1.82) is 0 Å². The molecular weight excluding hydrogens is 266 g/mol. The Bertz CT molecular complexity index is 781. The number of rotatable bonds is 3. The van der Waals surface area contributed by atoms with Gasteiger partial charge in [-0.05, 0) is 45.0 Å². The fourth-order valence-electron chi connectivity index (χ4n) is 2.65. The summed E-state index contributed by atoms with van der Waals surface area (Å²) in [5.74, 6) is 0.631. The molecule has 0 radical (unpaired) electrons. The number of amides is 1. The normalized spacial score (nSPS) is 12.5. The van der Waals surface area contributed by atoms with Crippen LogP contribution in [0.3, 0.4) is 0 Å². The molecule has 0 bridgehead atoms. The van der Waals surface area contributed by atoms with Crippen LogP contribution in [0.1, 0.15) is 40.3 Å². The highest BCUT2D eigenvalue weighted by atomic mass is 16.5. The van der Waals surface area contributed by atoms with Crippen molar-refractivity contribution >= 4 is 16.8 Å². The van der Waals surface area contributed by atoms with Gasteiger partial charge in [0, 0.05) is 28.2 Å². The van der Waals surface area contributed by atoms with Crippen LogP contribution in [0.2, 0.25) is 0 Å². The van der Waals surface area contributed by atoms with Crippen LogP contribution in [0.4, 0.5) is 0 Å². The molecule has 3 rings (SSSR count). The highest BCUT2D eigenvalue weighted by molar-refractivity contribution is 5.98. The van der Waals surface area contributed by atoms with Crippen molar-refractivity contribution in [3.05, 3.63) is 53.0 Å². The van der Waals surface area contributed by atoms with Gasteiger partial charge >= 0.3 is 0 Å². The zero-order chi connectivity index (χ0) is 15.0. The number of benzene rings is 1. The van der Waals surface area contributed by atoms with Gasteiger partial charge in [-0.1, -0.05) is 5.16 Å². The van der Waals surface area contributed by atoms with Gasteiger partial charge in [0.15, 0.2) is 0 Å². The molecule has 0 fully saturated rings. The first-order valence-electron chi connectivity index (χ1n) is 6.87. The van der Waals surface area contributed by atoms with Gasteiger partial charge in [0.2, 0.25) is 0 Å². The number of hydrogen-bond donors (Lipinski definition) is 2. The number of nitrogens with one attached hydrogen (secondary N) is 2. The zero-order valence-corrected chi connectivity index (χ0v) is 12.2. The second-order valence-corrected chi connectivity index (χ2v) is 5.21. The zero-order valence-electron chi connectivity index (χ0n) is 12.2. The van der Waals surface area contributed by atoms with Crippen LogP contribution >= 0.6 is 0 Å². The largest absolute Gasteiger partial charge is 0.361 e. The Hall–Kier alpha value is -2.56. The van der Waals surface area contributed by atoms with Crippen LogP contribution in [0.15, 0.2) is 35.0 Å². The van der Waals surface area contributed by atoms with E-state index in [-0.39, 0.29) is 11.9 Å². The summed E-state index contributed by atoms with van der Waals surface area (Å²) in [6, 6.07) is 7.40. The van der Waals surface area contributed by atoms with Gasteiger partial charge in [-0.15, -0.1) is 0 Å². The number of aromatic nitrogens is 2. The number of carbonyl (C=O) groups excluding carboxylic acids is 1. The lowest BCUT2D eigenvalue weighted by Crippen LogP contribution is -2.27. The van der Waals surface area contributed by atoms with E-state index in [0.717, 1.165) is 27.9 Å². The van der Waals surface area contributed by atoms with Crippen LogP contribution < -0.4 is 5.32 Å². The minimum Gasteiger partial charge on any atom is -0.361 e. The molecule has 3 aromatic rings. The molecule has 21 heavy (non-hydrogen) atoms. The summed E-state index contributed by atoms with van der Waals surface area (Å²) in [6.07, 6.45) is 1.86. The number of aromatic amines is 1. The first kappa shape index (κ1) is 13.4. The summed E-state index contributed by atoms with van der Waals surface area (Å²) in [4.78, 5) is 15.5. The van der Waals surface area contributed by atoms with Crippen molar-refractivity contribution < 1.29 is 9.32 Å². The molecule has 1 unspecified atom stereocenters. The number of aryl methyl sites for hydroxylation is 2. The Morgan fingerprint density at radius 3 is 2.86 bits per heavy atom. The van der Waals surface area contributed by atoms with Gasteiger partial charge in [-0.3, -0.25) is 4.79 Å². The molecule has 2 heterocycles. The Kier molecular flexibility index (Phi) is 3.25. The summed E-state index contributed by atoms with van der Waals surface area (Å²) in [6.45, 7) is 5.66. The quantitative estimate of drug-likeness (QED) is 0.775. The van der Waals surface area contributed by atoms with E-state index in [0.29, 0.717) is 5.56 Å². The Morgan fingerprint density at radius 2 is 2.14 bits per heavy atom. The number of fused-ring (bicyclic) bond motifs is 1. The van der Waals surface area contributed by atoms with E-state index in [2.05, 4.69) is 15.5 Å². The summed E-state index contributed by atoms with van der Waals surface area (Å²) < 4.78 is 5.15. The van der Waals surface area contributed by atoms with E-state index in [4.69, 9.17) is 4.52 Å². The first-order chi connectivity index (χ1) is 10.1. The minimum atomic E-state index is -0.148. The first-order valence-corrected chi connectivity index (χ1v) is 6.87. The number of carbonyl (C=O) groups is 1. The molecule has 1 atom stereocenters. The molecule has 5 heteroatoms. The summed E-state index contributed by atoms with van der Waals surface area (Å²) >= 11 is 0. The molecule has 0 spiro atoms. The maximum atomic E-state index is 12.4. The van der Waals surface area contributed by atoms with E-state index in [1.165, 1.54) is 0 Å². The fraction of sp³-hybridized carbons (Fsp3) is 0.250. The number of hydrogen-bond acceptors (Lipinski definition) is 3. The van der Waals surface area contributed by atoms with Crippen LogP contribution in [-0.2, 0) is 0 Å². The van der Waals surface area contributed by atoms with E-state index in [1.54, 1.807) is 0 Å². The SMILES string of the molecule is Cc1noc(C)c1C(C)NC(=O)c1ccc2[nH]ccc2c1. The topological polar surface area (TPSA) is 70.9 Å². The average molecular weight is 283 g/mol. The van der Waals surface area contributed by atoms with E-state index < -0.39 is 0 Å². The maximum Gasteiger partial charge on any atom is 0.251 e. The van der Waals surface area contributed by atoms with Crippen molar-refractivity contribution in [1.82, 2.24) is 15.5 Å². The lowest BCUT2D eigenvalue weighted by atomic mass is 10.1. The number of H-pyrrole nitrogens is 1. The summed E-state index contributed by atoms with van der Waals surface area (Å²) in [7, 11) is 0. The van der Waals surface area contributed by atoms with Gasteiger partial charge in [-0.2, -0.15) is 0 Å². The van der Waals surface area contributed by atoms with Crippen molar-refractivity contribution in [3.63, 3.8) is 0 Å². The highest BCUT2D eigenvalue weighted by Gasteiger charge is 2.19. The molecule has 1 aromatic carbocycles. The standard InChI is InChI=1S/C16H17N3O2/c1-9(15-10(2)19-21-11(15)3)18-16(20)13-4-5-14-12(8-13)6-7-17-14/h4-9,17H,1-3H3,(H,18,20). The second-order valence-electron chi connectivity index (χ2n) is 5.21. The van der Waals surface area contributed by atoms with Gasteiger partial charge in [-0.25, -0.2) is 0 Å². The van der Waals surface area contributed by atoms with Gasteiger partial charge < -0.3 is 14.8 Å². The van der Waals surface area contributed by atoms with Gasteiger partial charge in [0.05, 0.1) is 11.7 Å². The lowest BCUT2D eigenvalue weighted by molar-refractivity contribution is 0.0940. The molecule has 0 saturated heterocycles. The molecule has 1 amide bonds. The van der Waals surface area contributed by atoms with Crippen molar-refractivity contribution in [2.75, 3.05) is 0 Å². The van der Waals surface area contributed by atoms with Crippen molar-refractivity contribution in [2.24, 2.45) is 0 Å². The smallest absolute Gasteiger partial charge is 0.251 e. The molecule has 2 N–H and O–H groups in total. The molecule has 0 aliphatic carbocycles. The Morgan fingerprint density at radius 1 is 1.33 bits per heavy atom. The third kappa shape index (κ3) is 2.42.